The monoisotopic (exact) mass is 163 g/mol. The average Bonchev–Trinajstić information content (AvgIpc) is 2.33. The summed E-state index contributed by atoms with van der Waals surface area (Å²) in [7, 11) is 1.80. The van der Waals surface area contributed by atoms with Gasteiger partial charge in [0.25, 0.3) is 5.96 Å². The molecule has 0 amide bonds. The van der Waals surface area contributed by atoms with Crippen molar-refractivity contribution in [2.45, 2.75) is 6.92 Å². The highest BCUT2D eigenvalue weighted by molar-refractivity contribution is 5.84. The molecule has 0 bridgehead atoms. The molecule has 0 fully saturated rings. The van der Waals surface area contributed by atoms with E-state index in [1.165, 1.54) is 0 Å². The third-order valence-electron chi connectivity index (χ3n) is 1.70. The molecule has 5 nitrogen and oxygen atoms in total. The van der Waals surface area contributed by atoms with Crippen molar-refractivity contribution in [1.82, 2.24) is 10.0 Å². The van der Waals surface area contributed by atoms with Gasteiger partial charge in [-0.15, -0.1) is 0 Å². The van der Waals surface area contributed by atoms with Gasteiger partial charge in [-0.1, -0.05) is 6.58 Å². The zero-order valence-electron chi connectivity index (χ0n) is 7.02. The van der Waals surface area contributed by atoms with Gasteiger partial charge >= 0.3 is 0 Å². The van der Waals surface area contributed by atoms with Crippen LogP contribution in [0.25, 0.3) is 0 Å². The van der Waals surface area contributed by atoms with Crippen LogP contribution in [0.15, 0.2) is 39.5 Å². The average molecular weight is 163 g/mol. The second-order valence-electron chi connectivity index (χ2n) is 2.70. The van der Waals surface area contributed by atoms with Crippen LogP contribution in [0, 0.1) is 0 Å². The second-order valence-corrected chi connectivity index (χ2v) is 2.70. The summed E-state index contributed by atoms with van der Waals surface area (Å²) >= 11 is 0. The van der Waals surface area contributed by atoms with Gasteiger partial charge in [0, 0.05) is 12.7 Å². The van der Waals surface area contributed by atoms with Crippen LogP contribution in [0.5, 0.6) is 0 Å². The van der Waals surface area contributed by atoms with E-state index in [1.807, 2.05) is 13.0 Å². The first-order valence-electron chi connectivity index (χ1n) is 3.60. The molecule has 0 aliphatic carbocycles. The number of nitrogens with zero attached hydrogens (tertiary/aromatic N) is 5. The SMILES string of the molecule is C=C1C=C(C)N2N=NN(C)C2=N1. The minimum Gasteiger partial charge on any atom is -0.214 e. The predicted molar refractivity (Wildman–Crippen MR) is 44.8 cm³/mol. The van der Waals surface area contributed by atoms with E-state index in [-0.39, 0.29) is 0 Å². The quantitative estimate of drug-likeness (QED) is 0.540. The van der Waals surface area contributed by atoms with Crippen molar-refractivity contribution in [3.8, 4) is 0 Å². The summed E-state index contributed by atoms with van der Waals surface area (Å²) in [6.07, 6.45) is 1.86. The van der Waals surface area contributed by atoms with Crippen LogP contribution in [0.4, 0.5) is 0 Å². The minimum absolute atomic E-state index is 0.708. The molecule has 2 aliphatic rings. The molecule has 0 aromatic heterocycles. The van der Waals surface area contributed by atoms with Crippen LogP contribution < -0.4 is 0 Å². The zero-order valence-corrected chi connectivity index (χ0v) is 7.02. The Balaban J connectivity index is 2.42. The van der Waals surface area contributed by atoms with Gasteiger partial charge in [0.05, 0.1) is 5.70 Å². The summed E-state index contributed by atoms with van der Waals surface area (Å²) in [5.74, 6) is 0.708. The van der Waals surface area contributed by atoms with E-state index in [0.717, 1.165) is 11.4 Å². The molecule has 0 unspecified atom stereocenters. The number of hydrogen-bond donors (Lipinski definition) is 0. The van der Waals surface area contributed by atoms with Crippen LogP contribution >= 0.6 is 0 Å². The maximum absolute atomic E-state index is 4.19. The number of hydrogen-bond acceptors (Lipinski definition) is 5. The molecule has 5 heteroatoms. The van der Waals surface area contributed by atoms with E-state index in [0.29, 0.717) is 5.96 Å². The standard InChI is InChI=1S/C7H9N5/c1-5-4-6(2)12-7(8-5)11(3)9-10-12/h4H,1H2,2-3H3. The summed E-state index contributed by atoms with van der Waals surface area (Å²) in [4.78, 5) is 4.19. The van der Waals surface area contributed by atoms with Gasteiger partial charge in [-0.2, -0.15) is 5.01 Å². The van der Waals surface area contributed by atoms with Crippen molar-refractivity contribution in [2.24, 2.45) is 15.4 Å². The smallest absolute Gasteiger partial charge is 0.214 e. The van der Waals surface area contributed by atoms with Crippen LogP contribution in [0.1, 0.15) is 6.92 Å². The first-order chi connectivity index (χ1) is 5.68. The third-order valence-corrected chi connectivity index (χ3v) is 1.70. The molecular formula is C7H9N5. The van der Waals surface area contributed by atoms with Crippen molar-refractivity contribution in [1.29, 1.82) is 0 Å². The normalized spacial score (nSPS) is 21.0. The molecule has 2 heterocycles. The van der Waals surface area contributed by atoms with Crippen molar-refractivity contribution in [2.75, 3.05) is 7.05 Å². The van der Waals surface area contributed by atoms with Gasteiger partial charge < -0.3 is 0 Å². The van der Waals surface area contributed by atoms with Crippen LogP contribution in [0.3, 0.4) is 0 Å². The van der Waals surface area contributed by atoms with Gasteiger partial charge in [-0.25, -0.2) is 10.0 Å². The highest BCUT2D eigenvalue weighted by atomic mass is 15.8. The lowest BCUT2D eigenvalue weighted by molar-refractivity contribution is 0.523. The summed E-state index contributed by atoms with van der Waals surface area (Å²) in [5, 5.41) is 11.0. The van der Waals surface area contributed by atoms with E-state index in [9.17, 15) is 0 Å². The number of guanidine groups is 1. The van der Waals surface area contributed by atoms with E-state index >= 15 is 0 Å². The van der Waals surface area contributed by atoms with Gasteiger partial charge in [-0.05, 0) is 23.4 Å². The Labute approximate surface area is 70.3 Å². The highest BCUT2D eigenvalue weighted by Crippen LogP contribution is 2.22. The second kappa shape index (κ2) is 2.17. The third kappa shape index (κ3) is 0.827. The Morgan fingerprint density at radius 2 is 2.17 bits per heavy atom. The largest absolute Gasteiger partial charge is 0.250 e. The summed E-state index contributed by atoms with van der Waals surface area (Å²) in [6.45, 7) is 5.70. The molecule has 0 saturated heterocycles. The van der Waals surface area contributed by atoms with Crippen LogP contribution in [-0.4, -0.2) is 23.0 Å². The van der Waals surface area contributed by atoms with E-state index in [2.05, 4.69) is 22.0 Å². The van der Waals surface area contributed by atoms with Crippen molar-refractivity contribution >= 4 is 5.96 Å². The number of rotatable bonds is 0. The minimum atomic E-state index is 0.708. The number of fused-ring (bicyclic) bond motifs is 1. The topological polar surface area (TPSA) is 43.6 Å². The highest BCUT2D eigenvalue weighted by Gasteiger charge is 2.26. The lowest BCUT2D eigenvalue weighted by atomic mass is 10.3. The molecule has 0 N–H and O–H groups in total. The molecule has 2 rings (SSSR count). The first kappa shape index (κ1) is 7.02. The first-order valence-corrected chi connectivity index (χ1v) is 3.60. The van der Waals surface area contributed by atoms with E-state index in [4.69, 9.17) is 0 Å². The molecule has 0 aromatic carbocycles. The number of allylic oxidation sites excluding steroid dienone is 2. The Morgan fingerprint density at radius 3 is 2.92 bits per heavy atom. The fraction of sp³-hybridized carbons (Fsp3) is 0.286. The maximum Gasteiger partial charge on any atom is 0.250 e. The molecule has 0 radical (unpaired) electrons. The Kier molecular flexibility index (Phi) is 1.27. The molecule has 0 atom stereocenters. The Morgan fingerprint density at radius 1 is 1.42 bits per heavy atom. The molecular weight excluding hydrogens is 154 g/mol. The van der Waals surface area contributed by atoms with E-state index < -0.39 is 0 Å². The van der Waals surface area contributed by atoms with Gasteiger partial charge in [0.1, 0.15) is 0 Å². The molecule has 0 saturated carbocycles. The molecule has 12 heavy (non-hydrogen) atoms. The molecule has 0 spiro atoms. The summed E-state index contributed by atoms with van der Waals surface area (Å²) in [5.41, 5.74) is 1.72. The fourth-order valence-corrected chi connectivity index (χ4v) is 1.13. The Bertz CT molecular complexity index is 325. The lowest BCUT2D eigenvalue weighted by Crippen LogP contribution is -2.31. The predicted octanol–water partition coefficient (Wildman–Crippen LogP) is 1.30. The summed E-state index contributed by atoms with van der Waals surface area (Å²) < 4.78 is 0. The molecule has 0 aromatic rings. The molecule has 62 valence electrons. The van der Waals surface area contributed by atoms with Gasteiger partial charge in [-0.3, -0.25) is 0 Å². The Hall–Kier alpha value is -1.65. The molecule has 2 aliphatic heterocycles. The van der Waals surface area contributed by atoms with Crippen molar-refractivity contribution < 1.29 is 0 Å². The fourth-order valence-electron chi connectivity index (χ4n) is 1.13. The maximum atomic E-state index is 4.19. The zero-order chi connectivity index (χ0) is 8.72. The van der Waals surface area contributed by atoms with E-state index in [1.54, 1.807) is 17.1 Å². The van der Waals surface area contributed by atoms with Gasteiger partial charge in [0.15, 0.2) is 0 Å². The van der Waals surface area contributed by atoms with Crippen LogP contribution in [-0.2, 0) is 0 Å². The summed E-state index contributed by atoms with van der Waals surface area (Å²) in [6, 6.07) is 0. The number of aliphatic imine (C=N–C) groups is 1. The van der Waals surface area contributed by atoms with Crippen molar-refractivity contribution in [3.05, 3.63) is 24.0 Å². The lowest BCUT2D eigenvalue weighted by Gasteiger charge is -2.19. The van der Waals surface area contributed by atoms with Gasteiger partial charge in [0.2, 0.25) is 0 Å². The van der Waals surface area contributed by atoms with Crippen LogP contribution in [0.2, 0.25) is 0 Å². The van der Waals surface area contributed by atoms with Crippen molar-refractivity contribution in [3.63, 3.8) is 0 Å².